The molecule has 0 unspecified atom stereocenters. The van der Waals surface area contributed by atoms with Gasteiger partial charge in [0.05, 0.1) is 28.6 Å². The average Bonchev–Trinajstić information content (AvgIpc) is 2.82. The smallest absolute Gasteiger partial charge is 0.387 e. The highest BCUT2D eigenvalue weighted by Gasteiger charge is 2.34. The molecular weight excluding hydrogens is 478 g/mol. The van der Waals surface area contributed by atoms with Gasteiger partial charge in [0, 0.05) is 32.2 Å². The molecule has 11 nitrogen and oxygen atoms in total. The molecule has 0 bridgehead atoms. The number of carbonyl (C=O) groups is 1. The number of amides is 1. The highest BCUT2D eigenvalue weighted by molar-refractivity contribution is 7.89. The second-order valence-electron chi connectivity index (χ2n) is 6.96. The quantitative estimate of drug-likeness (QED) is 0.419. The minimum absolute atomic E-state index is 0.0187. The second kappa shape index (κ2) is 9.98. The van der Waals surface area contributed by atoms with Gasteiger partial charge in [-0.15, -0.1) is 0 Å². The Kier molecular flexibility index (Phi) is 7.28. The molecule has 0 N–H and O–H groups in total. The number of nitrogens with zero attached hydrogens (tertiary/aromatic N) is 4. The summed E-state index contributed by atoms with van der Waals surface area (Å²) in [5.41, 5.74) is -1.20. The van der Waals surface area contributed by atoms with Crippen LogP contribution in [0.4, 0.5) is 14.5 Å². The van der Waals surface area contributed by atoms with Crippen LogP contribution in [-0.2, 0) is 10.0 Å². The Balaban J connectivity index is 1.84. The zero-order chi connectivity index (χ0) is 25.0. The van der Waals surface area contributed by atoms with E-state index in [1.165, 1.54) is 29.2 Å². The van der Waals surface area contributed by atoms with Gasteiger partial charge in [-0.1, -0.05) is 12.1 Å². The van der Waals surface area contributed by atoms with E-state index in [0.29, 0.717) is 6.07 Å². The maximum Gasteiger partial charge on any atom is 0.387 e. The molecule has 1 saturated heterocycles. The summed E-state index contributed by atoms with van der Waals surface area (Å²) in [5, 5.41) is 20.7. The van der Waals surface area contributed by atoms with Gasteiger partial charge < -0.3 is 14.4 Å². The highest BCUT2D eigenvalue weighted by atomic mass is 32.2. The molecule has 0 atom stereocenters. The lowest BCUT2D eigenvalue weighted by Crippen LogP contribution is -2.50. The van der Waals surface area contributed by atoms with E-state index in [4.69, 9.17) is 4.74 Å². The topological polar surface area (TPSA) is 143 Å². The van der Waals surface area contributed by atoms with Gasteiger partial charge in [-0.25, -0.2) is 8.42 Å². The first-order valence-corrected chi connectivity index (χ1v) is 11.1. The Morgan fingerprint density at radius 1 is 1.18 bits per heavy atom. The number of carbonyl (C=O) groups excluding carboxylic acids is 1. The molecule has 0 aliphatic carbocycles. The van der Waals surface area contributed by atoms with Gasteiger partial charge >= 0.3 is 6.61 Å². The molecular formula is C20H18F2N4O7S. The van der Waals surface area contributed by atoms with Crippen molar-refractivity contribution in [1.29, 1.82) is 5.26 Å². The predicted molar refractivity (Wildman–Crippen MR) is 112 cm³/mol. The van der Waals surface area contributed by atoms with Crippen LogP contribution < -0.4 is 9.47 Å². The third-order valence-electron chi connectivity index (χ3n) is 5.08. The van der Waals surface area contributed by atoms with Crippen molar-refractivity contribution in [3.8, 4) is 17.6 Å². The maximum absolute atomic E-state index is 13.0. The van der Waals surface area contributed by atoms with Crippen LogP contribution in [-0.4, -0.2) is 68.4 Å². The molecule has 2 aromatic rings. The number of methoxy groups -OCH3 is 1. The number of ether oxygens (including phenoxy) is 2. The molecule has 0 radical (unpaired) electrons. The van der Waals surface area contributed by atoms with Gasteiger partial charge in [0.15, 0.2) is 11.5 Å². The Hall–Kier alpha value is -3.83. The van der Waals surface area contributed by atoms with Crippen LogP contribution in [0.1, 0.15) is 15.9 Å². The van der Waals surface area contributed by atoms with E-state index in [1.54, 1.807) is 0 Å². The van der Waals surface area contributed by atoms with Gasteiger partial charge in [0.1, 0.15) is 11.6 Å². The fourth-order valence-electron chi connectivity index (χ4n) is 3.44. The molecule has 0 aromatic heterocycles. The first-order valence-electron chi connectivity index (χ1n) is 9.70. The number of sulfonamides is 1. The van der Waals surface area contributed by atoms with E-state index in [2.05, 4.69) is 4.74 Å². The third kappa shape index (κ3) is 4.90. The molecule has 1 aliphatic heterocycles. The Morgan fingerprint density at radius 3 is 2.38 bits per heavy atom. The summed E-state index contributed by atoms with van der Waals surface area (Å²) < 4.78 is 61.4. The normalized spacial score (nSPS) is 14.5. The summed E-state index contributed by atoms with van der Waals surface area (Å²) in [6.07, 6.45) is 0. The van der Waals surface area contributed by atoms with E-state index < -0.39 is 44.5 Å². The van der Waals surface area contributed by atoms with Crippen molar-refractivity contribution in [3.05, 3.63) is 57.6 Å². The van der Waals surface area contributed by atoms with E-state index in [9.17, 15) is 37.4 Å². The van der Waals surface area contributed by atoms with Gasteiger partial charge in [-0.2, -0.15) is 18.3 Å². The van der Waals surface area contributed by atoms with E-state index in [0.717, 1.165) is 17.5 Å². The number of nitro groups is 1. The minimum atomic E-state index is -4.01. The van der Waals surface area contributed by atoms with Crippen LogP contribution in [0, 0.1) is 21.4 Å². The van der Waals surface area contributed by atoms with Gasteiger partial charge in [0.25, 0.3) is 11.6 Å². The van der Waals surface area contributed by atoms with Crippen LogP contribution in [0.3, 0.4) is 0 Å². The highest BCUT2D eigenvalue weighted by Crippen LogP contribution is 2.36. The number of halogens is 2. The Bertz CT molecular complexity index is 1260. The fraction of sp³-hybridized carbons (Fsp3) is 0.300. The molecule has 1 fully saturated rings. The van der Waals surface area contributed by atoms with Gasteiger partial charge in [-0.3, -0.25) is 14.9 Å². The first-order chi connectivity index (χ1) is 16.1. The minimum Gasteiger partial charge on any atom is -0.493 e. The molecule has 14 heteroatoms. The SMILES string of the molecule is COc1cc(C(=O)N2CCN(S(=O)(=O)c3ccccc3C#N)CC2)c([N+](=O)[O-])cc1OC(F)F. The molecule has 3 rings (SSSR count). The molecule has 0 saturated carbocycles. The lowest BCUT2D eigenvalue weighted by Gasteiger charge is -2.34. The Labute approximate surface area is 192 Å². The molecule has 0 spiro atoms. The third-order valence-corrected chi connectivity index (χ3v) is 7.03. The lowest BCUT2D eigenvalue weighted by atomic mass is 10.1. The van der Waals surface area contributed by atoms with Gasteiger partial charge in [0.2, 0.25) is 10.0 Å². The first kappa shape index (κ1) is 24.8. The number of benzene rings is 2. The van der Waals surface area contributed by atoms with Crippen LogP contribution in [0.25, 0.3) is 0 Å². The molecule has 180 valence electrons. The van der Waals surface area contributed by atoms with E-state index >= 15 is 0 Å². The number of alkyl halides is 2. The second-order valence-corrected chi connectivity index (χ2v) is 8.87. The summed E-state index contributed by atoms with van der Waals surface area (Å²) in [6, 6.07) is 9.15. The lowest BCUT2D eigenvalue weighted by molar-refractivity contribution is -0.385. The molecule has 1 heterocycles. The van der Waals surface area contributed by atoms with Crippen molar-refractivity contribution in [2.45, 2.75) is 11.5 Å². The maximum atomic E-state index is 13.0. The van der Waals surface area contributed by atoms with Crippen LogP contribution in [0.5, 0.6) is 11.5 Å². The standard InChI is InChI=1S/C20H18F2N4O7S/c1-32-16-10-14(15(26(28)29)11-17(16)33-20(21)22)19(27)24-6-8-25(9-7-24)34(30,31)18-5-3-2-4-13(18)12-23/h2-5,10-11,20H,6-9H2,1H3. The summed E-state index contributed by atoms with van der Waals surface area (Å²) in [6.45, 7) is -3.70. The molecule has 34 heavy (non-hydrogen) atoms. The summed E-state index contributed by atoms with van der Waals surface area (Å²) in [4.78, 5) is 24.6. The average molecular weight is 496 g/mol. The summed E-state index contributed by atoms with van der Waals surface area (Å²) in [7, 11) is -2.89. The van der Waals surface area contributed by atoms with Crippen molar-refractivity contribution >= 4 is 21.6 Å². The van der Waals surface area contributed by atoms with Crippen molar-refractivity contribution in [3.63, 3.8) is 0 Å². The van der Waals surface area contributed by atoms with Crippen molar-refractivity contribution in [2.24, 2.45) is 0 Å². The zero-order valence-electron chi connectivity index (χ0n) is 17.7. The summed E-state index contributed by atoms with van der Waals surface area (Å²) in [5.74, 6) is -1.71. The Morgan fingerprint density at radius 2 is 1.82 bits per heavy atom. The number of hydrogen-bond donors (Lipinski definition) is 0. The van der Waals surface area contributed by atoms with Crippen LogP contribution in [0.2, 0.25) is 0 Å². The number of hydrogen-bond acceptors (Lipinski definition) is 8. The largest absolute Gasteiger partial charge is 0.493 e. The van der Waals surface area contributed by atoms with Crippen molar-refractivity contribution in [2.75, 3.05) is 33.3 Å². The van der Waals surface area contributed by atoms with E-state index in [1.807, 2.05) is 6.07 Å². The molecule has 1 aliphatic rings. The number of nitriles is 1. The van der Waals surface area contributed by atoms with Gasteiger partial charge in [-0.05, 0) is 12.1 Å². The van der Waals surface area contributed by atoms with E-state index in [-0.39, 0.29) is 42.4 Å². The van der Waals surface area contributed by atoms with Crippen LogP contribution in [0.15, 0.2) is 41.3 Å². The zero-order valence-corrected chi connectivity index (χ0v) is 18.5. The summed E-state index contributed by atoms with van der Waals surface area (Å²) >= 11 is 0. The number of rotatable bonds is 7. The molecule has 2 aromatic carbocycles. The fourth-order valence-corrected chi connectivity index (χ4v) is 5.01. The molecule has 1 amide bonds. The van der Waals surface area contributed by atoms with Crippen LogP contribution >= 0.6 is 0 Å². The predicted octanol–water partition coefficient (Wildman–Crippen LogP) is 2.22. The van der Waals surface area contributed by atoms with Crippen molar-refractivity contribution in [1.82, 2.24) is 9.21 Å². The number of piperazine rings is 1. The number of nitro benzene ring substituents is 1. The monoisotopic (exact) mass is 496 g/mol. The van der Waals surface area contributed by atoms with Crippen molar-refractivity contribution < 1.29 is 36.4 Å².